The van der Waals surface area contributed by atoms with Crippen LogP contribution in [0, 0.1) is 0 Å². The topological polar surface area (TPSA) is 224 Å². The van der Waals surface area contributed by atoms with Gasteiger partial charge in [-0.15, -0.1) is 0 Å². The van der Waals surface area contributed by atoms with Crippen molar-refractivity contribution in [2.45, 2.75) is 114 Å². The van der Waals surface area contributed by atoms with Crippen LogP contribution >= 0.6 is 0 Å². The Kier molecular flexibility index (Phi) is 32.4. The summed E-state index contributed by atoms with van der Waals surface area (Å²) in [4.78, 5) is 31.3. The summed E-state index contributed by atoms with van der Waals surface area (Å²) in [5, 5.41) is 26.8. The van der Waals surface area contributed by atoms with Crippen molar-refractivity contribution in [1.29, 1.82) is 0 Å². The molecule has 11 nitrogen and oxygen atoms in total. The normalized spacial score (nSPS) is 13.3. The van der Waals surface area contributed by atoms with Crippen LogP contribution in [0.25, 0.3) is 0 Å². The molecule has 0 radical (unpaired) electrons. The molecule has 0 bridgehead atoms. The van der Waals surface area contributed by atoms with E-state index in [0.717, 1.165) is 25.7 Å². The number of rotatable bonds is 21. The minimum Gasteiger partial charge on any atom is -0.550 e. The minimum absolute atomic E-state index is 0. The summed E-state index contributed by atoms with van der Waals surface area (Å²) in [7, 11) is -4.94. The van der Waals surface area contributed by atoms with Crippen molar-refractivity contribution in [2.75, 3.05) is 6.54 Å². The standard InChI is InChI=1S/C20H40N2O2.C4H6O7S.2Na/c1-2-3-4-5-6-7-8-9-10-11-12-13-14-15-16-17-19(23)20(22,24)18-21;5-3(6)1-2(4(7)8)12(9,10)11;;/h9-10,24H,2-8,11-18,21-22H2,1H3;2H,1H2,(H,5,6)(H,7,8)(H,9,10,11);;/q;;2*+1/p-2/b10-9-;;;. The SMILES string of the molecule is CCCCCCCC/C=C\CCCCCCCC(=O)C(N)(O)CN.O=C([O-])CC(C(=O)[O-])S(=O)(=O)O.[Na+].[Na+]. The Morgan fingerprint density at radius 1 is 0.868 bits per heavy atom. The molecule has 0 aromatic carbocycles. The van der Waals surface area contributed by atoms with Crippen molar-refractivity contribution in [3.8, 4) is 0 Å². The Morgan fingerprint density at radius 2 is 1.29 bits per heavy atom. The van der Waals surface area contributed by atoms with E-state index >= 15 is 0 Å². The number of carboxylic acid groups (broad SMARTS) is 2. The zero-order valence-corrected chi connectivity index (χ0v) is 28.2. The fourth-order valence-electron chi connectivity index (χ4n) is 3.15. The zero-order chi connectivity index (χ0) is 28.0. The molecule has 0 amide bonds. The Bertz CT molecular complexity index is 764. The molecule has 0 saturated carbocycles. The van der Waals surface area contributed by atoms with Crippen molar-refractivity contribution in [3.05, 3.63) is 12.2 Å². The van der Waals surface area contributed by atoms with Gasteiger partial charge in [0.1, 0.15) is 5.25 Å². The summed E-state index contributed by atoms with van der Waals surface area (Å²) in [5.41, 5.74) is 8.82. The molecular formula is C24H44N2Na2O9S. The van der Waals surface area contributed by atoms with Gasteiger partial charge in [0.15, 0.2) is 11.5 Å². The summed E-state index contributed by atoms with van der Waals surface area (Å²) in [5.74, 6) is -4.42. The van der Waals surface area contributed by atoms with Gasteiger partial charge in [-0.1, -0.05) is 70.4 Å². The first kappa shape index (κ1) is 45.1. The predicted molar refractivity (Wildman–Crippen MR) is 133 cm³/mol. The monoisotopic (exact) mass is 582 g/mol. The van der Waals surface area contributed by atoms with Crippen LogP contribution in [-0.2, 0) is 24.5 Å². The molecule has 0 aromatic rings. The molecule has 0 aromatic heterocycles. The van der Waals surface area contributed by atoms with Gasteiger partial charge in [-0.05, 0) is 32.1 Å². The fraction of sp³-hybridized carbons (Fsp3) is 0.792. The number of unbranched alkanes of at least 4 members (excludes halogenated alkanes) is 11. The molecule has 38 heavy (non-hydrogen) atoms. The van der Waals surface area contributed by atoms with Gasteiger partial charge in [-0.25, -0.2) is 0 Å². The molecule has 0 aliphatic heterocycles. The number of carboxylic acids is 2. The van der Waals surface area contributed by atoms with Gasteiger partial charge >= 0.3 is 59.1 Å². The van der Waals surface area contributed by atoms with Gasteiger partial charge in [0.25, 0.3) is 10.1 Å². The number of hydrogen-bond acceptors (Lipinski definition) is 10. The molecule has 14 heteroatoms. The van der Waals surface area contributed by atoms with Crippen molar-refractivity contribution < 1.29 is 102 Å². The number of allylic oxidation sites excluding steroid dienone is 2. The smallest absolute Gasteiger partial charge is 0.550 e. The van der Waals surface area contributed by atoms with Gasteiger partial charge < -0.3 is 30.6 Å². The van der Waals surface area contributed by atoms with E-state index in [-0.39, 0.29) is 71.4 Å². The molecule has 0 fully saturated rings. The molecule has 0 aliphatic rings. The Hall–Kier alpha value is 0.140. The summed E-state index contributed by atoms with van der Waals surface area (Å²) in [6.07, 6.45) is 19.5. The van der Waals surface area contributed by atoms with Crippen molar-refractivity contribution in [2.24, 2.45) is 11.5 Å². The van der Waals surface area contributed by atoms with Crippen LogP contribution in [0.1, 0.15) is 103 Å². The maximum atomic E-state index is 11.6. The van der Waals surface area contributed by atoms with Gasteiger partial charge in [0, 0.05) is 25.4 Å². The van der Waals surface area contributed by atoms with Gasteiger partial charge in [0.2, 0.25) is 0 Å². The van der Waals surface area contributed by atoms with E-state index < -0.39 is 39.5 Å². The van der Waals surface area contributed by atoms with E-state index in [2.05, 4.69) is 19.1 Å². The number of carbonyl (C=O) groups is 3. The van der Waals surface area contributed by atoms with Gasteiger partial charge in [0.05, 0.1) is 5.97 Å². The Labute approximate surface area is 271 Å². The van der Waals surface area contributed by atoms with E-state index in [1.54, 1.807) is 0 Å². The number of hydrogen-bond donors (Lipinski definition) is 4. The molecule has 6 N–H and O–H groups in total. The maximum Gasteiger partial charge on any atom is 1.00 e. The van der Waals surface area contributed by atoms with Gasteiger partial charge in [-0.2, -0.15) is 8.42 Å². The number of nitrogens with two attached hydrogens (primary N) is 2. The second kappa shape index (κ2) is 27.3. The third kappa shape index (κ3) is 27.7. The third-order valence-electron chi connectivity index (χ3n) is 5.43. The second-order valence-electron chi connectivity index (χ2n) is 8.78. The zero-order valence-electron chi connectivity index (χ0n) is 23.4. The summed E-state index contributed by atoms with van der Waals surface area (Å²) < 4.78 is 28.5. The number of aliphatic carboxylic acids is 2. The van der Waals surface area contributed by atoms with Gasteiger partial charge in [-0.3, -0.25) is 15.1 Å². The largest absolute Gasteiger partial charge is 1.00 e. The van der Waals surface area contributed by atoms with Crippen LogP contribution in [0.3, 0.4) is 0 Å². The molecule has 212 valence electrons. The molecule has 0 spiro atoms. The van der Waals surface area contributed by atoms with E-state index in [1.165, 1.54) is 57.8 Å². The molecule has 0 rings (SSSR count). The van der Waals surface area contributed by atoms with Crippen LogP contribution < -0.4 is 80.8 Å². The number of aliphatic hydroxyl groups is 1. The van der Waals surface area contributed by atoms with Crippen molar-refractivity contribution in [3.63, 3.8) is 0 Å². The quantitative estimate of drug-likeness (QED) is 0.0328. The molecule has 0 saturated heterocycles. The molecule has 2 atom stereocenters. The average molecular weight is 583 g/mol. The summed E-state index contributed by atoms with van der Waals surface area (Å²) in [6, 6.07) is 0. The first-order valence-corrected chi connectivity index (χ1v) is 14.1. The molecule has 0 heterocycles. The van der Waals surface area contributed by atoms with Crippen LogP contribution in [-0.4, -0.2) is 53.3 Å². The van der Waals surface area contributed by atoms with Crippen molar-refractivity contribution >= 4 is 27.8 Å². The Balaban J connectivity index is -0.000000351. The molecule has 0 aliphatic carbocycles. The maximum absolute atomic E-state index is 11.6. The molecule has 2 unspecified atom stereocenters. The third-order valence-corrected chi connectivity index (χ3v) is 6.51. The second-order valence-corrected chi connectivity index (χ2v) is 10.4. The number of ketones is 1. The first-order valence-electron chi connectivity index (χ1n) is 12.6. The van der Waals surface area contributed by atoms with Crippen LogP contribution in [0.4, 0.5) is 0 Å². The number of Topliss-reactive ketones (excluding diaryl/α,β-unsaturated/α-hetero) is 1. The average Bonchev–Trinajstić information content (AvgIpc) is 2.79. The van der Waals surface area contributed by atoms with E-state index in [4.69, 9.17) is 16.0 Å². The van der Waals surface area contributed by atoms with E-state index in [9.17, 15) is 38.1 Å². The van der Waals surface area contributed by atoms with Crippen LogP contribution in [0.15, 0.2) is 12.2 Å². The fourth-order valence-corrected chi connectivity index (χ4v) is 3.74. The van der Waals surface area contributed by atoms with E-state index in [1.807, 2.05) is 0 Å². The summed E-state index contributed by atoms with van der Waals surface area (Å²) in [6.45, 7) is 2.04. The number of carbonyl (C=O) groups excluding carboxylic acids is 3. The first-order chi connectivity index (χ1) is 16.8. The predicted octanol–water partition coefficient (Wildman–Crippen LogP) is -5.66. The molecular weight excluding hydrogens is 538 g/mol. The van der Waals surface area contributed by atoms with E-state index in [0.29, 0.717) is 6.42 Å². The van der Waals surface area contributed by atoms with Crippen molar-refractivity contribution in [1.82, 2.24) is 0 Å². The van der Waals surface area contributed by atoms with Crippen LogP contribution in [0.5, 0.6) is 0 Å². The Morgan fingerprint density at radius 3 is 1.63 bits per heavy atom. The summed E-state index contributed by atoms with van der Waals surface area (Å²) >= 11 is 0. The van der Waals surface area contributed by atoms with Crippen LogP contribution in [0.2, 0.25) is 0 Å². The minimum atomic E-state index is -4.94.